The fourth-order valence-corrected chi connectivity index (χ4v) is 4.56. The van der Waals surface area contributed by atoms with E-state index in [4.69, 9.17) is 0 Å². The van der Waals surface area contributed by atoms with Crippen molar-refractivity contribution < 1.29 is 4.79 Å². The van der Waals surface area contributed by atoms with Crippen LogP contribution in [0.25, 0.3) is 0 Å². The summed E-state index contributed by atoms with van der Waals surface area (Å²) in [5.74, 6) is 1.54. The first-order valence-corrected chi connectivity index (χ1v) is 8.30. The molecule has 1 unspecified atom stereocenters. The van der Waals surface area contributed by atoms with Crippen LogP contribution in [0.2, 0.25) is 0 Å². The molecule has 0 heterocycles. The average Bonchev–Trinajstić information content (AvgIpc) is 2.36. The highest BCUT2D eigenvalue weighted by atomic mass is 32.2. The SMILES string of the molecule is O=C1CCCC(SCSCc2ccccc2)C1. The van der Waals surface area contributed by atoms with Crippen LogP contribution in [0.1, 0.15) is 31.2 Å². The van der Waals surface area contributed by atoms with Crippen molar-refractivity contribution in [2.24, 2.45) is 0 Å². The third-order valence-corrected chi connectivity index (χ3v) is 5.56. The first-order chi connectivity index (χ1) is 8.34. The molecular formula is C14H18OS2. The zero-order valence-electron chi connectivity index (χ0n) is 9.93. The predicted octanol–water partition coefficient (Wildman–Crippen LogP) is 4.12. The first-order valence-electron chi connectivity index (χ1n) is 6.09. The van der Waals surface area contributed by atoms with E-state index in [9.17, 15) is 4.79 Å². The number of thioether (sulfide) groups is 2. The molecule has 0 radical (unpaired) electrons. The fraction of sp³-hybridized carbons (Fsp3) is 0.500. The first kappa shape index (κ1) is 13.0. The summed E-state index contributed by atoms with van der Waals surface area (Å²) in [7, 11) is 0. The minimum absolute atomic E-state index is 0.460. The number of hydrogen-bond acceptors (Lipinski definition) is 3. The van der Waals surface area contributed by atoms with Gasteiger partial charge in [-0.2, -0.15) is 0 Å². The second-order valence-corrected chi connectivity index (χ2v) is 7.02. The van der Waals surface area contributed by atoms with Gasteiger partial charge >= 0.3 is 0 Å². The monoisotopic (exact) mass is 266 g/mol. The number of benzene rings is 1. The highest BCUT2D eigenvalue weighted by Gasteiger charge is 2.19. The molecule has 0 aromatic heterocycles. The van der Waals surface area contributed by atoms with Crippen LogP contribution < -0.4 is 0 Å². The minimum atomic E-state index is 0.460. The molecule has 0 aliphatic heterocycles. The Labute approximate surface area is 112 Å². The Morgan fingerprint density at radius 1 is 1.24 bits per heavy atom. The van der Waals surface area contributed by atoms with Gasteiger partial charge in [0.25, 0.3) is 0 Å². The molecule has 1 aliphatic rings. The van der Waals surface area contributed by atoms with Gasteiger partial charge in [-0.05, 0) is 18.4 Å². The van der Waals surface area contributed by atoms with Crippen LogP contribution in [-0.4, -0.2) is 16.1 Å². The van der Waals surface area contributed by atoms with Crippen molar-refractivity contribution in [3.05, 3.63) is 35.9 Å². The maximum atomic E-state index is 11.3. The molecule has 1 aromatic carbocycles. The van der Waals surface area contributed by atoms with Crippen LogP contribution in [0.5, 0.6) is 0 Å². The fourth-order valence-electron chi connectivity index (χ4n) is 2.01. The van der Waals surface area contributed by atoms with E-state index < -0.39 is 0 Å². The maximum absolute atomic E-state index is 11.3. The standard InChI is InChI=1S/C14H18OS2/c15-13-7-4-8-14(9-13)17-11-16-10-12-5-2-1-3-6-12/h1-3,5-6,14H,4,7-11H2. The van der Waals surface area contributed by atoms with E-state index in [0.717, 1.165) is 30.1 Å². The summed E-state index contributed by atoms with van der Waals surface area (Å²) < 4.78 is 0. The highest BCUT2D eigenvalue weighted by Crippen LogP contribution is 2.29. The number of carbonyl (C=O) groups excluding carboxylic acids is 1. The van der Waals surface area contributed by atoms with E-state index in [1.165, 1.54) is 12.0 Å². The van der Waals surface area contributed by atoms with Crippen molar-refractivity contribution in [1.29, 1.82) is 0 Å². The van der Waals surface area contributed by atoms with Crippen molar-refractivity contribution in [2.75, 3.05) is 5.08 Å². The third kappa shape index (κ3) is 4.76. The Balaban J connectivity index is 1.61. The van der Waals surface area contributed by atoms with Gasteiger partial charge in [-0.15, -0.1) is 23.5 Å². The van der Waals surface area contributed by atoms with Gasteiger partial charge in [0.05, 0.1) is 0 Å². The number of ketones is 1. The van der Waals surface area contributed by atoms with Crippen molar-refractivity contribution in [3.8, 4) is 0 Å². The molecule has 92 valence electrons. The van der Waals surface area contributed by atoms with Crippen molar-refractivity contribution in [2.45, 2.75) is 36.7 Å². The molecule has 1 aliphatic carbocycles. The van der Waals surface area contributed by atoms with Crippen molar-refractivity contribution in [3.63, 3.8) is 0 Å². The highest BCUT2D eigenvalue weighted by molar-refractivity contribution is 8.15. The van der Waals surface area contributed by atoms with Crippen LogP contribution in [0, 0.1) is 0 Å². The summed E-state index contributed by atoms with van der Waals surface area (Å²) in [6, 6.07) is 10.6. The maximum Gasteiger partial charge on any atom is 0.134 e. The number of hydrogen-bond donors (Lipinski definition) is 0. The summed E-state index contributed by atoms with van der Waals surface area (Å²) in [4.78, 5) is 11.3. The summed E-state index contributed by atoms with van der Waals surface area (Å²) >= 11 is 3.92. The second-order valence-electron chi connectivity index (χ2n) is 4.38. The minimum Gasteiger partial charge on any atom is -0.300 e. The van der Waals surface area contributed by atoms with Crippen LogP contribution in [0.3, 0.4) is 0 Å². The molecule has 1 aromatic rings. The molecule has 0 spiro atoms. The molecule has 0 amide bonds. The largest absolute Gasteiger partial charge is 0.300 e. The summed E-state index contributed by atoms with van der Waals surface area (Å²) in [5.41, 5.74) is 1.39. The lowest BCUT2D eigenvalue weighted by Crippen LogP contribution is -2.16. The van der Waals surface area contributed by atoms with Gasteiger partial charge in [0.15, 0.2) is 0 Å². The average molecular weight is 266 g/mol. The van der Waals surface area contributed by atoms with Gasteiger partial charge in [-0.1, -0.05) is 30.3 Å². The molecule has 0 N–H and O–H groups in total. The summed E-state index contributed by atoms with van der Waals surface area (Å²) in [5, 5.41) is 1.69. The van der Waals surface area contributed by atoms with Gasteiger partial charge in [0.1, 0.15) is 5.78 Å². The van der Waals surface area contributed by atoms with Gasteiger partial charge < -0.3 is 0 Å². The molecule has 1 saturated carbocycles. The quantitative estimate of drug-likeness (QED) is 0.589. The molecule has 0 saturated heterocycles. The van der Waals surface area contributed by atoms with Crippen LogP contribution >= 0.6 is 23.5 Å². The molecule has 1 fully saturated rings. The lowest BCUT2D eigenvalue weighted by molar-refractivity contribution is -0.120. The van der Waals surface area contributed by atoms with E-state index >= 15 is 0 Å². The Morgan fingerprint density at radius 2 is 2.06 bits per heavy atom. The number of carbonyl (C=O) groups is 1. The lowest BCUT2D eigenvalue weighted by atomic mass is 9.99. The lowest BCUT2D eigenvalue weighted by Gasteiger charge is -2.19. The molecule has 1 atom stereocenters. The summed E-state index contributed by atoms with van der Waals surface area (Å²) in [6.07, 6.45) is 3.94. The van der Waals surface area contributed by atoms with Gasteiger partial charge in [-0.25, -0.2) is 0 Å². The van der Waals surface area contributed by atoms with E-state index in [2.05, 4.69) is 30.3 Å². The Morgan fingerprint density at radius 3 is 2.82 bits per heavy atom. The Kier molecular flexibility index (Phi) is 5.46. The normalized spacial score (nSPS) is 20.5. The van der Waals surface area contributed by atoms with E-state index in [-0.39, 0.29) is 0 Å². The molecular weight excluding hydrogens is 248 g/mol. The molecule has 1 nitrogen and oxygen atoms in total. The van der Waals surface area contributed by atoms with Gasteiger partial charge in [0.2, 0.25) is 0 Å². The second kappa shape index (κ2) is 7.12. The van der Waals surface area contributed by atoms with Crippen molar-refractivity contribution in [1.82, 2.24) is 0 Å². The zero-order chi connectivity index (χ0) is 11.9. The predicted molar refractivity (Wildman–Crippen MR) is 77.5 cm³/mol. The van der Waals surface area contributed by atoms with Crippen molar-refractivity contribution >= 4 is 29.3 Å². The topological polar surface area (TPSA) is 17.1 Å². The Hall–Kier alpha value is -0.410. The van der Waals surface area contributed by atoms with E-state index in [0.29, 0.717) is 11.0 Å². The molecule has 2 rings (SSSR count). The van der Waals surface area contributed by atoms with Crippen LogP contribution in [-0.2, 0) is 10.5 Å². The van der Waals surface area contributed by atoms with Gasteiger partial charge in [-0.3, -0.25) is 4.79 Å². The van der Waals surface area contributed by atoms with Crippen LogP contribution in [0.15, 0.2) is 30.3 Å². The Bertz CT molecular complexity index is 350. The smallest absolute Gasteiger partial charge is 0.134 e. The zero-order valence-corrected chi connectivity index (χ0v) is 11.6. The molecule has 3 heteroatoms. The molecule has 17 heavy (non-hydrogen) atoms. The van der Waals surface area contributed by atoms with Crippen LogP contribution in [0.4, 0.5) is 0 Å². The van der Waals surface area contributed by atoms with E-state index in [1.807, 2.05) is 23.5 Å². The third-order valence-electron chi connectivity index (χ3n) is 2.94. The molecule has 0 bridgehead atoms. The summed E-state index contributed by atoms with van der Waals surface area (Å²) in [6.45, 7) is 0. The number of rotatable bonds is 5. The van der Waals surface area contributed by atoms with E-state index in [1.54, 1.807) is 0 Å². The number of Topliss-reactive ketones (excluding diaryl/α,β-unsaturated/α-hetero) is 1. The van der Waals surface area contributed by atoms with Gasteiger partial charge in [0, 0.05) is 28.9 Å².